The predicted octanol–water partition coefficient (Wildman–Crippen LogP) is 3.61. The second-order valence-corrected chi connectivity index (χ2v) is 6.10. The topological polar surface area (TPSA) is 83.8 Å². The SMILES string of the molecule is C[C@H]1C(=O)N(c2ccc(Cl)cc2)C(=O)N1Cc1cccc([N+](=O)[O-])c1. The second-order valence-electron chi connectivity index (χ2n) is 5.66. The summed E-state index contributed by atoms with van der Waals surface area (Å²) in [5.41, 5.74) is 0.964. The van der Waals surface area contributed by atoms with Crippen LogP contribution < -0.4 is 4.90 Å². The average molecular weight is 360 g/mol. The van der Waals surface area contributed by atoms with Crippen molar-refractivity contribution in [1.82, 2.24) is 4.90 Å². The van der Waals surface area contributed by atoms with Gasteiger partial charge in [-0.15, -0.1) is 0 Å². The lowest BCUT2D eigenvalue weighted by Crippen LogP contribution is -2.33. The number of carbonyl (C=O) groups excluding carboxylic acids is 2. The number of non-ortho nitro benzene ring substituents is 1. The quantitative estimate of drug-likeness (QED) is 0.474. The summed E-state index contributed by atoms with van der Waals surface area (Å²) in [5.74, 6) is -0.349. The summed E-state index contributed by atoms with van der Waals surface area (Å²) in [4.78, 5) is 38.1. The average Bonchev–Trinajstić information content (AvgIpc) is 2.80. The third kappa shape index (κ3) is 3.18. The molecule has 0 saturated carbocycles. The summed E-state index contributed by atoms with van der Waals surface area (Å²) in [5, 5.41) is 11.4. The molecule has 25 heavy (non-hydrogen) atoms. The Labute approximate surface area is 148 Å². The molecule has 1 saturated heterocycles. The number of hydrogen-bond acceptors (Lipinski definition) is 4. The molecular formula is C17H14ClN3O4. The first kappa shape index (κ1) is 16.9. The Kier molecular flexibility index (Phi) is 4.41. The number of nitrogens with zero attached hydrogens (tertiary/aromatic N) is 3. The van der Waals surface area contributed by atoms with Gasteiger partial charge in [-0.1, -0.05) is 23.7 Å². The molecule has 1 heterocycles. The molecule has 7 nitrogen and oxygen atoms in total. The van der Waals surface area contributed by atoms with Gasteiger partial charge in [-0.05, 0) is 36.8 Å². The number of urea groups is 1. The fourth-order valence-electron chi connectivity index (χ4n) is 2.71. The van der Waals surface area contributed by atoms with E-state index in [-0.39, 0.29) is 18.1 Å². The summed E-state index contributed by atoms with van der Waals surface area (Å²) >= 11 is 5.84. The lowest BCUT2D eigenvalue weighted by molar-refractivity contribution is -0.384. The minimum absolute atomic E-state index is 0.0577. The van der Waals surface area contributed by atoms with Gasteiger partial charge in [0.05, 0.1) is 10.6 Å². The molecule has 0 bridgehead atoms. The van der Waals surface area contributed by atoms with Crippen LogP contribution in [0.2, 0.25) is 5.02 Å². The fraction of sp³-hybridized carbons (Fsp3) is 0.176. The Balaban J connectivity index is 1.87. The van der Waals surface area contributed by atoms with Crippen molar-refractivity contribution in [1.29, 1.82) is 0 Å². The van der Waals surface area contributed by atoms with Gasteiger partial charge in [0, 0.05) is 23.7 Å². The number of carbonyl (C=O) groups is 2. The highest BCUT2D eigenvalue weighted by Gasteiger charge is 2.43. The van der Waals surface area contributed by atoms with Crippen molar-refractivity contribution in [2.24, 2.45) is 0 Å². The zero-order valence-corrected chi connectivity index (χ0v) is 14.0. The molecule has 1 atom stereocenters. The van der Waals surface area contributed by atoms with E-state index in [0.717, 1.165) is 4.90 Å². The molecule has 3 amide bonds. The largest absolute Gasteiger partial charge is 0.332 e. The van der Waals surface area contributed by atoms with Gasteiger partial charge in [-0.25, -0.2) is 9.69 Å². The van der Waals surface area contributed by atoms with Crippen LogP contribution in [0.1, 0.15) is 12.5 Å². The summed E-state index contributed by atoms with van der Waals surface area (Å²) in [6.45, 7) is 1.74. The summed E-state index contributed by atoms with van der Waals surface area (Å²) < 4.78 is 0. The van der Waals surface area contributed by atoms with Crippen LogP contribution in [0.15, 0.2) is 48.5 Å². The van der Waals surface area contributed by atoms with Crippen LogP contribution in [0.5, 0.6) is 0 Å². The first-order chi connectivity index (χ1) is 11.9. The molecule has 2 aromatic carbocycles. The summed E-state index contributed by atoms with van der Waals surface area (Å²) in [7, 11) is 0. The normalized spacial score (nSPS) is 17.3. The molecule has 3 rings (SSSR count). The van der Waals surface area contributed by atoms with E-state index in [0.29, 0.717) is 16.3 Å². The van der Waals surface area contributed by atoms with E-state index in [1.165, 1.54) is 17.0 Å². The van der Waals surface area contributed by atoms with Crippen LogP contribution in [0.4, 0.5) is 16.2 Å². The highest BCUT2D eigenvalue weighted by Crippen LogP contribution is 2.28. The standard InChI is InChI=1S/C17H14ClN3O4/c1-11-16(22)20(14-7-5-13(18)6-8-14)17(23)19(11)10-12-3-2-4-15(9-12)21(24)25/h2-9,11H,10H2,1H3/t11-/m0/s1. The van der Waals surface area contributed by atoms with Gasteiger partial charge in [0.1, 0.15) is 6.04 Å². The Morgan fingerprint density at radius 2 is 1.84 bits per heavy atom. The van der Waals surface area contributed by atoms with E-state index in [4.69, 9.17) is 11.6 Å². The maximum atomic E-state index is 12.7. The van der Waals surface area contributed by atoms with Gasteiger partial charge >= 0.3 is 6.03 Å². The molecule has 128 valence electrons. The lowest BCUT2D eigenvalue weighted by Gasteiger charge is -2.19. The number of amides is 3. The van der Waals surface area contributed by atoms with Gasteiger partial charge in [0.25, 0.3) is 11.6 Å². The van der Waals surface area contributed by atoms with Gasteiger partial charge < -0.3 is 4.90 Å². The van der Waals surface area contributed by atoms with Crippen LogP contribution in [0, 0.1) is 10.1 Å². The van der Waals surface area contributed by atoms with Crippen molar-refractivity contribution in [3.63, 3.8) is 0 Å². The Morgan fingerprint density at radius 1 is 1.16 bits per heavy atom. The molecule has 0 radical (unpaired) electrons. The van der Waals surface area contributed by atoms with Gasteiger partial charge in [-0.2, -0.15) is 0 Å². The minimum Gasteiger partial charge on any atom is -0.308 e. The number of anilines is 1. The Bertz CT molecular complexity index is 853. The summed E-state index contributed by atoms with van der Waals surface area (Å²) in [6, 6.07) is 11.3. The molecule has 0 aliphatic carbocycles. The van der Waals surface area contributed by atoms with Crippen molar-refractivity contribution in [3.05, 3.63) is 69.2 Å². The van der Waals surface area contributed by atoms with Crippen LogP contribution in [0.25, 0.3) is 0 Å². The summed E-state index contributed by atoms with van der Waals surface area (Å²) in [6.07, 6.45) is 0. The number of nitro groups is 1. The van der Waals surface area contributed by atoms with Crippen molar-refractivity contribution in [2.45, 2.75) is 19.5 Å². The number of halogens is 1. The minimum atomic E-state index is -0.664. The first-order valence-corrected chi connectivity index (χ1v) is 7.90. The Hall–Kier alpha value is -2.93. The van der Waals surface area contributed by atoms with E-state index in [1.807, 2.05) is 0 Å². The third-order valence-electron chi connectivity index (χ3n) is 4.04. The molecule has 0 aromatic heterocycles. The zero-order valence-electron chi connectivity index (χ0n) is 13.3. The molecular weight excluding hydrogens is 346 g/mol. The smallest absolute Gasteiger partial charge is 0.308 e. The molecule has 8 heteroatoms. The van der Waals surface area contributed by atoms with Crippen LogP contribution in [-0.2, 0) is 11.3 Å². The lowest BCUT2D eigenvalue weighted by atomic mass is 10.2. The van der Waals surface area contributed by atoms with Gasteiger partial charge in [-0.3, -0.25) is 14.9 Å². The maximum absolute atomic E-state index is 12.7. The Morgan fingerprint density at radius 3 is 2.48 bits per heavy atom. The van der Waals surface area contributed by atoms with Gasteiger partial charge in [0.15, 0.2) is 0 Å². The first-order valence-electron chi connectivity index (χ1n) is 7.52. The highest BCUT2D eigenvalue weighted by molar-refractivity contribution is 6.30. The van der Waals surface area contributed by atoms with E-state index in [1.54, 1.807) is 43.3 Å². The molecule has 1 aliphatic heterocycles. The van der Waals surface area contributed by atoms with Crippen molar-refractivity contribution < 1.29 is 14.5 Å². The number of hydrogen-bond donors (Lipinski definition) is 0. The van der Waals surface area contributed by atoms with E-state index >= 15 is 0 Å². The molecule has 1 fully saturated rings. The van der Waals surface area contributed by atoms with Crippen LogP contribution in [-0.4, -0.2) is 27.8 Å². The maximum Gasteiger partial charge on any atom is 0.332 e. The van der Waals surface area contributed by atoms with Crippen LogP contribution in [0.3, 0.4) is 0 Å². The molecule has 0 unspecified atom stereocenters. The number of imide groups is 1. The van der Waals surface area contributed by atoms with E-state index in [2.05, 4.69) is 0 Å². The third-order valence-corrected chi connectivity index (χ3v) is 4.29. The molecule has 0 spiro atoms. The number of rotatable bonds is 4. The predicted molar refractivity (Wildman–Crippen MR) is 92.4 cm³/mol. The van der Waals surface area contributed by atoms with Gasteiger partial charge in [0.2, 0.25) is 0 Å². The fourth-order valence-corrected chi connectivity index (χ4v) is 2.83. The number of benzene rings is 2. The van der Waals surface area contributed by atoms with E-state index in [9.17, 15) is 19.7 Å². The van der Waals surface area contributed by atoms with Crippen molar-refractivity contribution in [3.8, 4) is 0 Å². The monoisotopic (exact) mass is 359 g/mol. The van der Waals surface area contributed by atoms with E-state index < -0.39 is 17.0 Å². The highest BCUT2D eigenvalue weighted by atomic mass is 35.5. The molecule has 1 aliphatic rings. The van der Waals surface area contributed by atoms with Crippen molar-refractivity contribution in [2.75, 3.05) is 4.90 Å². The number of nitro benzene ring substituents is 1. The zero-order chi connectivity index (χ0) is 18.1. The molecule has 0 N–H and O–H groups in total. The van der Waals surface area contributed by atoms with Crippen molar-refractivity contribution >= 4 is 34.9 Å². The van der Waals surface area contributed by atoms with Crippen LogP contribution >= 0.6 is 11.6 Å². The molecule has 2 aromatic rings. The second kappa shape index (κ2) is 6.52.